The van der Waals surface area contributed by atoms with Gasteiger partial charge in [-0.25, -0.2) is 0 Å². The number of pyridine rings is 1. The lowest BCUT2D eigenvalue weighted by Crippen LogP contribution is -2.40. The zero-order valence-electron chi connectivity index (χ0n) is 11.4. The minimum atomic E-state index is 0.714. The summed E-state index contributed by atoms with van der Waals surface area (Å²) in [5.74, 6) is 0. The molecule has 0 amide bonds. The predicted molar refractivity (Wildman–Crippen MR) is 75.7 cm³/mol. The van der Waals surface area contributed by atoms with Crippen LogP contribution in [-0.4, -0.2) is 42.1 Å². The lowest BCUT2D eigenvalue weighted by atomic mass is 10.1. The Balaban J connectivity index is 1.77. The highest BCUT2D eigenvalue weighted by Crippen LogP contribution is 2.07. The van der Waals surface area contributed by atoms with Crippen LogP contribution in [0.25, 0.3) is 0 Å². The smallest absolute Gasteiger partial charge is 0.0300 e. The summed E-state index contributed by atoms with van der Waals surface area (Å²) >= 11 is 0. The van der Waals surface area contributed by atoms with E-state index in [0.29, 0.717) is 6.04 Å². The van der Waals surface area contributed by atoms with Crippen LogP contribution in [0.1, 0.15) is 31.7 Å². The molecular weight excluding hydrogens is 222 g/mol. The van der Waals surface area contributed by atoms with Gasteiger partial charge in [-0.1, -0.05) is 13.0 Å². The van der Waals surface area contributed by atoms with Crippen molar-refractivity contribution in [1.29, 1.82) is 0 Å². The molecule has 1 saturated heterocycles. The Kier molecular flexibility index (Phi) is 5.62. The van der Waals surface area contributed by atoms with Gasteiger partial charge in [-0.3, -0.25) is 4.98 Å². The molecule has 3 nitrogen and oxygen atoms in total. The largest absolute Gasteiger partial charge is 0.314 e. The Morgan fingerprint density at radius 1 is 1.44 bits per heavy atom. The molecule has 2 heterocycles. The van der Waals surface area contributed by atoms with Crippen LogP contribution in [-0.2, 0) is 6.42 Å². The Labute approximate surface area is 111 Å². The molecule has 0 aliphatic carbocycles. The Bertz CT molecular complexity index is 326. The van der Waals surface area contributed by atoms with E-state index in [0.717, 1.165) is 6.42 Å². The van der Waals surface area contributed by atoms with Gasteiger partial charge >= 0.3 is 0 Å². The highest BCUT2D eigenvalue weighted by Gasteiger charge is 2.13. The summed E-state index contributed by atoms with van der Waals surface area (Å²) in [5.41, 5.74) is 1.35. The SMILES string of the molecule is CCC1CCN(CCc2cccnc2)CCCN1. The summed E-state index contributed by atoms with van der Waals surface area (Å²) in [6, 6.07) is 4.92. The molecule has 1 unspecified atom stereocenters. The van der Waals surface area contributed by atoms with Crippen molar-refractivity contribution in [3.63, 3.8) is 0 Å². The monoisotopic (exact) mass is 247 g/mol. The maximum absolute atomic E-state index is 4.18. The fourth-order valence-corrected chi connectivity index (χ4v) is 2.57. The Hall–Kier alpha value is -0.930. The quantitative estimate of drug-likeness (QED) is 0.883. The Morgan fingerprint density at radius 2 is 2.39 bits per heavy atom. The molecule has 1 N–H and O–H groups in total. The van der Waals surface area contributed by atoms with Gasteiger partial charge in [0, 0.05) is 25.0 Å². The number of hydrogen-bond acceptors (Lipinski definition) is 3. The molecule has 3 heteroatoms. The summed E-state index contributed by atoms with van der Waals surface area (Å²) in [4.78, 5) is 6.79. The minimum Gasteiger partial charge on any atom is -0.314 e. The fourth-order valence-electron chi connectivity index (χ4n) is 2.57. The van der Waals surface area contributed by atoms with Gasteiger partial charge in [0.15, 0.2) is 0 Å². The molecule has 1 aromatic rings. The maximum atomic E-state index is 4.18. The summed E-state index contributed by atoms with van der Waals surface area (Å²) in [7, 11) is 0. The van der Waals surface area contributed by atoms with E-state index in [1.165, 1.54) is 51.0 Å². The molecule has 0 radical (unpaired) electrons. The highest BCUT2D eigenvalue weighted by atomic mass is 15.1. The van der Waals surface area contributed by atoms with Crippen molar-refractivity contribution in [2.24, 2.45) is 0 Å². The summed E-state index contributed by atoms with van der Waals surface area (Å²) in [6.07, 6.45) is 8.75. The van der Waals surface area contributed by atoms with E-state index in [1.54, 1.807) is 0 Å². The molecule has 0 spiro atoms. The van der Waals surface area contributed by atoms with Gasteiger partial charge in [0.2, 0.25) is 0 Å². The van der Waals surface area contributed by atoms with Gasteiger partial charge in [-0.15, -0.1) is 0 Å². The zero-order valence-corrected chi connectivity index (χ0v) is 11.4. The molecule has 1 aromatic heterocycles. The van der Waals surface area contributed by atoms with Crippen molar-refractivity contribution >= 4 is 0 Å². The number of hydrogen-bond donors (Lipinski definition) is 1. The third kappa shape index (κ3) is 4.39. The second-order valence-corrected chi connectivity index (χ2v) is 5.15. The molecule has 1 aliphatic rings. The van der Waals surface area contributed by atoms with Crippen LogP contribution in [0, 0.1) is 0 Å². The molecule has 0 bridgehead atoms. The van der Waals surface area contributed by atoms with Gasteiger partial charge < -0.3 is 10.2 Å². The van der Waals surface area contributed by atoms with Gasteiger partial charge in [0.05, 0.1) is 0 Å². The predicted octanol–water partition coefficient (Wildman–Crippen LogP) is 2.09. The average Bonchev–Trinajstić information content (AvgIpc) is 2.39. The van der Waals surface area contributed by atoms with E-state index in [-0.39, 0.29) is 0 Å². The summed E-state index contributed by atoms with van der Waals surface area (Å²) in [6.45, 7) is 7.07. The molecule has 1 fully saturated rings. The van der Waals surface area contributed by atoms with E-state index in [4.69, 9.17) is 0 Å². The summed E-state index contributed by atoms with van der Waals surface area (Å²) in [5, 5.41) is 3.63. The Morgan fingerprint density at radius 3 is 3.17 bits per heavy atom. The second kappa shape index (κ2) is 7.49. The maximum Gasteiger partial charge on any atom is 0.0300 e. The van der Waals surface area contributed by atoms with Crippen LogP contribution in [0.3, 0.4) is 0 Å². The number of nitrogens with zero attached hydrogens (tertiary/aromatic N) is 2. The standard InChI is InChI=1S/C15H25N3/c1-2-15-7-12-18(10-4-9-17-15)11-6-14-5-3-8-16-13-14/h3,5,8,13,15,17H,2,4,6-7,9-12H2,1H3. The number of aromatic nitrogens is 1. The normalized spacial score (nSPS) is 22.4. The molecular formula is C15H25N3. The second-order valence-electron chi connectivity index (χ2n) is 5.15. The van der Waals surface area contributed by atoms with E-state index in [1.807, 2.05) is 18.5 Å². The first-order chi connectivity index (χ1) is 8.88. The highest BCUT2D eigenvalue weighted by molar-refractivity contribution is 5.08. The van der Waals surface area contributed by atoms with E-state index in [9.17, 15) is 0 Å². The molecule has 1 atom stereocenters. The van der Waals surface area contributed by atoms with Gasteiger partial charge in [0.25, 0.3) is 0 Å². The van der Waals surface area contributed by atoms with Crippen molar-refractivity contribution in [3.8, 4) is 0 Å². The van der Waals surface area contributed by atoms with Crippen molar-refractivity contribution in [2.45, 2.75) is 38.6 Å². The van der Waals surface area contributed by atoms with Crippen LogP contribution >= 0.6 is 0 Å². The van der Waals surface area contributed by atoms with E-state index >= 15 is 0 Å². The van der Waals surface area contributed by atoms with Gasteiger partial charge in [-0.05, 0) is 56.9 Å². The average molecular weight is 247 g/mol. The van der Waals surface area contributed by atoms with Crippen LogP contribution in [0.4, 0.5) is 0 Å². The van der Waals surface area contributed by atoms with Crippen LogP contribution in [0.15, 0.2) is 24.5 Å². The van der Waals surface area contributed by atoms with Crippen molar-refractivity contribution < 1.29 is 0 Å². The number of rotatable bonds is 4. The lowest BCUT2D eigenvalue weighted by Gasteiger charge is -2.28. The van der Waals surface area contributed by atoms with E-state index in [2.05, 4.69) is 28.2 Å². The van der Waals surface area contributed by atoms with Crippen molar-refractivity contribution in [3.05, 3.63) is 30.1 Å². The van der Waals surface area contributed by atoms with Crippen molar-refractivity contribution in [2.75, 3.05) is 26.2 Å². The lowest BCUT2D eigenvalue weighted by molar-refractivity contribution is 0.234. The molecule has 1 aliphatic heterocycles. The zero-order chi connectivity index (χ0) is 12.6. The first-order valence-electron chi connectivity index (χ1n) is 7.23. The molecule has 18 heavy (non-hydrogen) atoms. The third-order valence-electron chi connectivity index (χ3n) is 3.81. The van der Waals surface area contributed by atoms with Crippen molar-refractivity contribution in [1.82, 2.24) is 15.2 Å². The first kappa shape index (κ1) is 13.5. The van der Waals surface area contributed by atoms with Gasteiger partial charge in [0.1, 0.15) is 0 Å². The van der Waals surface area contributed by atoms with Crippen LogP contribution in [0.5, 0.6) is 0 Å². The number of nitrogens with one attached hydrogen (secondary N) is 1. The third-order valence-corrected chi connectivity index (χ3v) is 3.81. The molecule has 100 valence electrons. The molecule has 0 aromatic carbocycles. The van der Waals surface area contributed by atoms with Crippen LogP contribution in [0.2, 0.25) is 0 Å². The molecule has 0 saturated carbocycles. The van der Waals surface area contributed by atoms with E-state index < -0.39 is 0 Å². The van der Waals surface area contributed by atoms with Gasteiger partial charge in [-0.2, -0.15) is 0 Å². The minimum absolute atomic E-state index is 0.714. The summed E-state index contributed by atoms with van der Waals surface area (Å²) < 4.78 is 0. The molecule has 2 rings (SSSR count). The first-order valence-corrected chi connectivity index (χ1v) is 7.23. The topological polar surface area (TPSA) is 28.2 Å². The fraction of sp³-hybridized carbons (Fsp3) is 0.667. The van der Waals surface area contributed by atoms with Crippen LogP contribution < -0.4 is 5.32 Å².